The number of aryl methyl sites for hydroxylation is 1. The Labute approximate surface area is 92.9 Å². The Kier molecular flexibility index (Phi) is 6.02. The lowest BCUT2D eigenvalue weighted by atomic mass is 10.0. The van der Waals surface area contributed by atoms with Gasteiger partial charge in [-0.2, -0.15) is 0 Å². The highest BCUT2D eigenvalue weighted by molar-refractivity contribution is 5.08. The zero-order chi connectivity index (χ0) is 10.9. The number of hydrogen-bond acceptors (Lipinski definition) is 2. The Morgan fingerprint density at radius 1 is 1.33 bits per heavy atom. The average Bonchev–Trinajstić information content (AvgIpc) is 2.28. The van der Waals surface area contributed by atoms with E-state index in [4.69, 9.17) is 5.73 Å². The minimum Gasteiger partial charge on any atom is -0.328 e. The molecule has 0 aliphatic heterocycles. The molecule has 1 aromatic rings. The molecule has 0 fully saturated rings. The summed E-state index contributed by atoms with van der Waals surface area (Å²) in [6.07, 6.45) is 10.8. The number of nitrogens with zero attached hydrogens (tertiary/aromatic N) is 1. The summed E-state index contributed by atoms with van der Waals surface area (Å²) < 4.78 is 0. The quantitative estimate of drug-likeness (QED) is 0.745. The van der Waals surface area contributed by atoms with Crippen LogP contribution in [0.3, 0.4) is 0 Å². The molecule has 1 heterocycles. The van der Waals surface area contributed by atoms with Crippen molar-refractivity contribution in [2.45, 2.75) is 51.5 Å². The van der Waals surface area contributed by atoms with E-state index in [1.165, 1.54) is 31.2 Å². The maximum absolute atomic E-state index is 6.01. The first-order valence-electron chi connectivity index (χ1n) is 5.97. The summed E-state index contributed by atoms with van der Waals surface area (Å²) in [6, 6.07) is 4.51. The number of pyridine rings is 1. The van der Waals surface area contributed by atoms with Crippen LogP contribution in [0.2, 0.25) is 0 Å². The van der Waals surface area contributed by atoms with E-state index in [-0.39, 0.29) is 0 Å². The van der Waals surface area contributed by atoms with Crippen molar-refractivity contribution in [2.75, 3.05) is 0 Å². The molecule has 0 bridgehead atoms. The lowest BCUT2D eigenvalue weighted by molar-refractivity contribution is 0.523. The molecule has 0 aliphatic rings. The summed E-state index contributed by atoms with van der Waals surface area (Å²) in [5.74, 6) is 0. The van der Waals surface area contributed by atoms with Crippen LogP contribution in [0, 0.1) is 0 Å². The Hall–Kier alpha value is -0.890. The van der Waals surface area contributed by atoms with Gasteiger partial charge in [-0.15, -0.1) is 0 Å². The van der Waals surface area contributed by atoms with Crippen LogP contribution in [-0.4, -0.2) is 11.0 Å². The van der Waals surface area contributed by atoms with Crippen molar-refractivity contribution in [3.05, 3.63) is 30.1 Å². The first-order valence-corrected chi connectivity index (χ1v) is 5.97. The molecule has 1 aromatic heterocycles. The van der Waals surface area contributed by atoms with Crippen molar-refractivity contribution in [1.82, 2.24) is 4.98 Å². The molecule has 0 saturated carbocycles. The minimum absolute atomic E-state index is 0.390. The zero-order valence-corrected chi connectivity index (χ0v) is 9.65. The monoisotopic (exact) mass is 206 g/mol. The van der Waals surface area contributed by atoms with E-state index >= 15 is 0 Å². The smallest absolute Gasteiger partial charge is 0.0299 e. The molecule has 0 spiro atoms. The maximum atomic E-state index is 6.01. The molecule has 2 heteroatoms. The highest BCUT2D eigenvalue weighted by Crippen LogP contribution is 2.08. The van der Waals surface area contributed by atoms with Crippen LogP contribution in [-0.2, 0) is 6.42 Å². The van der Waals surface area contributed by atoms with Gasteiger partial charge in [-0.25, -0.2) is 0 Å². The Bertz CT molecular complexity index is 246. The molecule has 0 amide bonds. The Morgan fingerprint density at radius 2 is 2.13 bits per heavy atom. The van der Waals surface area contributed by atoms with Gasteiger partial charge in [0.1, 0.15) is 0 Å². The first kappa shape index (κ1) is 12.2. The van der Waals surface area contributed by atoms with Gasteiger partial charge in [0.25, 0.3) is 0 Å². The van der Waals surface area contributed by atoms with E-state index in [1.807, 2.05) is 18.5 Å². The SMILES string of the molecule is CCCCC(N)CCCc1cccnc1. The second-order valence-corrected chi connectivity index (χ2v) is 4.16. The molecule has 2 N–H and O–H groups in total. The molecular weight excluding hydrogens is 184 g/mol. The number of nitrogens with two attached hydrogens (primary N) is 1. The second kappa shape index (κ2) is 7.41. The molecule has 0 radical (unpaired) electrons. The second-order valence-electron chi connectivity index (χ2n) is 4.16. The molecule has 15 heavy (non-hydrogen) atoms. The number of unbranched alkanes of at least 4 members (excludes halogenated alkanes) is 1. The van der Waals surface area contributed by atoms with Gasteiger partial charge in [0, 0.05) is 18.4 Å². The lowest BCUT2D eigenvalue weighted by Gasteiger charge is -2.10. The van der Waals surface area contributed by atoms with Gasteiger partial charge in [-0.05, 0) is 37.3 Å². The average molecular weight is 206 g/mol. The normalized spacial score (nSPS) is 12.7. The van der Waals surface area contributed by atoms with E-state index in [1.54, 1.807) is 0 Å². The fourth-order valence-electron chi connectivity index (χ4n) is 1.73. The minimum atomic E-state index is 0.390. The van der Waals surface area contributed by atoms with Gasteiger partial charge in [-0.1, -0.05) is 25.8 Å². The van der Waals surface area contributed by atoms with Crippen LogP contribution < -0.4 is 5.73 Å². The van der Waals surface area contributed by atoms with Crippen molar-refractivity contribution in [3.8, 4) is 0 Å². The van der Waals surface area contributed by atoms with E-state index in [0.29, 0.717) is 6.04 Å². The van der Waals surface area contributed by atoms with Crippen molar-refractivity contribution in [1.29, 1.82) is 0 Å². The van der Waals surface area contributed by atoms with Gasteiger partial charge in [0.05, 0.1) is 0 Å². The molecule has 1 atom stereocenters. The molecular formula is C13H22N2. The Balaban J connectivity index is 2.11. The molecule has 1 rings (SSSR count). The number of aromatic nitrogens is 1. The van der Waals surface area contributed by atoms with E-state index in [2.05, 4.69) is 18.0 Å². The highest BCUT2D eigenvalue weighted by atomic mass is 14.6. The van der Waals surface area contributed by atoms with E-state index in [0.717, 1.165) is 12.8 Å². The lowest BCUT2D eigenvalue weighted by Crippen LogP contribution is -2.19. The standard InChI is InChI=1S/C13H22N2/c1-2-3-8-13(14)9-4-6-12-7-5-10-15-11-12/h5,7,10-11,13H,2-4,6,8-9,14H2,1H3. The largest absolute Gasteiger partial charge is 0.328 e. The topological polar surface area (TPSA) is 38.9 Å². The fourth-order valence-corrected chi connectivity index (χ4v) is 1.73. The zero-order valence-electron chi connectivity index (χ0n) is 9.65. The summed E-state index contributed by atoms with van der Waals surface area (Å²) in [4.78, 5) is 4.10. The maximum Gasteiger partial charge on any atom is 0.0299 e. The third-order valence-electron chi connectivity index (χ3n) is 2.69. The van der Waals surface area contributed by atoms with E-state index < -0.39 is 0 Å². The van der Waals surface area contributed by atoms with Gasteiger partial charge in [-0.3, -0.25) is 4.98 Å². The van der Waals surface area contributed by atoms with Crippen LogP contribution in [0.4, 0.5) is 0 Å². The van der Waals surface area contributed by atoms with Crippen LogP contribution >= 0.6 is 0 Å². The predicted octanol–water partition coefficient (Wildman–Crippen LogP) is 2.92. The third-order valence-corrected chi connectivity index (χ3v) is 2.69. The van der Waals surface area contributed by atoms with Crippen molar-refractivity contribution >= 4 is 0 Å². The summed E-state index contributed by atoms with van der Waals surface area (Å²) in [5.41, 5.74) is 7.33. The van der Waals surface area contributed by atoms with Crippen LogP contribution in [0.25, 0.3) is 0 Å². The molecule has 2 nitrogen and oxygen atoms in total. The number of hydrogen-bond donors (Lipinski definition) is 1. The van der Waals surface area contributed by atoms with E-state index in [9.17, 15) is 0 Å². The highest BCUT2D eigenvalue weighted by Gasteiger charge is 2.01. The van der Waals surface area contributed by atoms with Gasteiger partial charge in [0.2, 0.25) is 0 Å². The summed E-state index contributed by atoms with van der Waals surface area (Å²) in [7, 11) is 0. The van der Waals surface area contributed by atoms with Crippen molar-refractivity contribution in [3.63, 3.8) is 0 Å². The Morgan fingerprint density at radius 3 is 2.80 bits per heavy atom. The van der Waals surface area contributed by atoms with Crippen LogP contribution in [0.5, 0.6) is 0 Å². The molecule has 0 aliphatic carbocycles. The van der Waals surface area contributed by atoms with Crippen LogP contribution in [0.15, 0.2) is 24.5 Å². The summed E-state index contributed by atoms with van der Waals surface area (Å²) >= 11 is 0. The summed E-state index contributed by atoms with van der Waals surface area (Å²) in [6.45, 7) is 2.21. The number of rotatable bonds is 7. The third kappa shape index (κ3) is 5.53. The molecule has 84 valence electrons. The fraction of sp³-hybridized carbons (Fsp3) is 0.615. The molecule has 1 unspecified atom stereocenters. The van der Waals surface area contributed by atoms with Gasteiger partial charge in [0.15, 0.2) is 0 Å². The van der Waals surface area contributed by atoms with Crippen molar-refractivity contribution in [2.24, 2.45) is 5.73 Å². The van der Waals surface area contributed by atoms with Crippen molar-refractivity contribution < 1.29 is 0 Å². The molecule has 0 saturated heterocycles. The van der Waals surface area contributed by atoms with Gasteiger partial charge < -0.3 is 5.73 Å². The predicted molar refractivity (Wildman–Crippen MR) is 64.7 cm³/mol. The first-order chi connectivity index (χ1) is 7.33. The molecule has 0 aromatic carbocycles. The summed E-state index contributed by atoms with van der Waals surface area (Å²) in [5, 5.41) is 0. The van der Waals surface area contributed by atoms with Crippen LogP contribution in [0.1, 0.15) is 44.6 Å². The van der Waals surface area contributed by atoms with Gasteiger partial charge >= 0.3 is 0 Å².